The number of hydrogen-bond donors (Lipinski definition) is 1. The maximum atomic E-state index is 5.86. The molecule has 0 spiro atoms. The van der Waals surface area contributed by atoms with Gasteiger partial charge in [0.2, 0.25) is 5.88 Å². The highest BCUT2D eigenvalue weighted by Crippen LogP contribution is 2.29. The van der Waals surface area contributed by atoms with Crippen LogP contribution in [0.15, 0.2) is 12.1 Å². The lowest BCUT2D eigenvalue weighted by atomic mass is 9.97. The zero-order chi connectivity index (χ0) is 14.1. The number of fused-ring (bicyclic) bond motifs is 1. The second kappa shape index (κ2) is 5.48. The molecule has 2 fully saturated rings. The Morgan fingerprint density at radius 1 is 1.30 bits per heavy atom. The average Bonchev–Trinajstić information content (AvgIpc) is 2.47. The number of aromatic nitrogens is 1. The first-order valence-electron chi connectivity index (χ1n) is 7.50. The predicted octanol–water partition coefficient (Wildman–Crippen LogP) is 1.74. The van der Waals surface area contributed by atoms with Crippen LogP contribution < -0.4 is 15.4 Å². The summed E-state index contributed by atoms with van der Waals surface area (Å²) in [5.74, 6) is 1.51. The normalized spacial score (nSPS) is 27.2. The molecule has 1 aromatic rings. The molecule has 0 bridgehead atoms. The van der Waals surface area contributed by atoms with Crippen molar-refractivity contribution in [1.82, 2.24) is 9.88 Å². The Morgan fingerprint density at radius 3 is 2.95 bits per heavy atom. The van der Waals surface area contributed by atoms with Gasteiger partial charge in [-0.05, 0) is 38.4 Å². The van der Waals surface area contributed by atoms with Crippen LogP contribution in [0.2, 0.25) is 0 Å². The van der Waals surface area contributed by atoms with Crippen LogP contribution in [-0.4, -0.2) is 48.7 Å². The van der Waals surface area contributed by atoms with Crippen LogP contribution in [0.1, 0.15) is 26.2 Å². The lowest BCUT2D eigenvalue weighted by Crippen LogP contribution is -2.59. The Labute approximate surface area is 120 Å². The number of piperazine rings is 1. The van der Waals surface area contributed by atoms with Gasteiger partial charge in [-0.15, -0.1) is 0 Å². The van der Waals surface area contributed by atoms with Gasteiger partial charge in [-0.3, -0.25) is 4.90 Å². The maximum absolute atomic E-state index is 5.86. The molecule has 1 aromatic heterocycles. The minimum absolute atomic E-state index is 0.477. The Bertz CT molecular complexity index is 479. The van der Waals surface area contributed by atoms with Crippen molar-refractivity contribution in [2.24, 2.45) is 0 Å². The molecular formula is C15H24N4O. The zero-order valence-corrected chi connectivity index (χ0v) is 12.4. The van der Waals surface area contributed by atoms with Gasteiger partial charge in [0.15, 0.2) is 0 Å². The largest absolute Gasteiger partial charge is 0.479 e. The fourth-order valence-corrected chi connectivity index (χ4v) is 3.44. The second-order valence-electron chi connectivity index (χ2n) is 5.91. The van der Waals surface area contributed by atoms with Crippen LogP contribution in [0.25, 0.3) is 0 Å². The number of anilines is 2. The summed E-state index contributed by atoms with van der Waals surface area (Å²) in [6.45, 7) is 5.71. The summed E-state index contributed by atoms with van der Waals surface area (Å²) < 4.78 is 5.25. The molecular weight excluding hydrogens is 252 g/mol. The molecule has 2 atom stereocenters. The Balaban J connectivity index is 1.82. The van der Waals surface area contributed by atoms with Crippen LogP contribution >= 0.6 is 0 Å². The molecule has 0 aromatic carbocycles. The molecule has 0 amide bonds. The zero-order valence-electron chi connectivity index (χ0n) is 12.4. The monoisotopic (exact) mass is 276 g/mol. The molecule has 2 saturated heterocycles. The van der Waals surface area contributed by atoms with Crippen LogP contribution in [-0.2, 0) is 0 Å². The number of rotatable bonds is 2. The lowest BCUT2D eigenvalue weighted by molar-refractivity contribution is 0.115. The number of piperidine rings is 1. The molecule has 2 N–H and O–H groups in total. The molecule has 0 saturated carbocycles. The summed E-state index contributed by atoms with van der Waals surface area (Å²) in [5, 5.41) is 0. The SMILES string of the molecule is COc1nc(N2CC3CCCCN3CC2C)ccc1N. The molecule has 110 valence electrons. The first-order chi connectivity index (χ1) is 9.69. The highest BCUT2D eigenvalue weighted by atomic mass is 16.5. The number of hydrogen-bond acceptors (Lipinski definition) is 5. The van der Waals surface area contributed by atoms with E-state index in [0.29, 0.717) is 23.7 Å². The molecule has 2 unspecified atom stereocenters. The number of nitrogens with zero attached hydrogens (tertiary/aromatic N) is 3. The van der Waals surface area contributed by atoms with Crippen molar-refractivity contribution >= 4 is 11.5 Å². The third kappa shape index (κ3) is 2.42. The van der Waals surface area contributed by atoms with Crippen molar-refractivity contribution in [3.05, 3.63) is 12.1 Å². The van der Waals surface area contributed by atoms with E-state index in [2.05, 4.69) is 21.7 Å². The first-order valence-corrected chi connectivity index (χ1v) is 7.50. The van der Waals surface area contributed by atoms with E-state index in [-0.39, 0.29) is 0 Å². The predicted molar refractivity (Wildman–Crippen MR) is 81.2 cm³/mol. The third-order valence-electron chi connectivity index (χ3n) is 4.55. The standard InChI is InChI=1S/C15H24N4O/c1-11-9-18-8-4-3-5-12(18)10-19(11)14-7-6-13(16)15(17-14)20-2/h6-7,11-12H,3-5,8-10,16H2,1-2H3. The van der Waals surface area contributed by atoms with Gasteiger partial charge in [0.25, 0.3) is 0 Å². The molecule has 0 aliphatic carbocycles. The number of methoxy groups -OCH3 is 1. The van der Waals surface area contributed by atoms with Crippen molar-refractivity contribution in [3.63, 3.8) is 0 Å². The van der Waals surface area contributed by atoms with Gasteiger partial charge in [-0.25, -0.2) is 0 Å². The fourth-order valence-electron chi connectivity index (χ4n) is 3.44. The maximum Gasteiger partial charge on any atom is 0.238 e. The quantitative estimate of drug-likeness (QED) is 0.891. The summed E-state index contributed by atoms with van der Waals surface area (Å²) in [4.78, 5) is 9.60. The van der Waals surface area contributed by atoms with Gasteiger partial charge in [-0.2, -0.15) is 4.98 Å². The summed E-state index contributed by atoms with van der Waals surface area (Å²) in [6.07, 6.45) is 3.99. The van der Waals surface area contributed by atoms with E-state index in [1.807, 2.05) is 12.1 Å². The van der Waals surface area contributed by atoms with Crippen LogP contribution in [0.3, 0.4) is 0 Å². The number of ether oxygens (including phenoxy) is 1. The van der Waals surface area contributed by atoms with Crippen LogP contribution in [0, 0.1) is 0 Å². The molecule has 3 rings (SSSR count). The molecule has 0 radical (unpaired) electrons. The number of nitrogen functional groups attached to an aromatic ring is 1. The van der Waals surface area contributed by atoms with Gasteiger partial charge in [0.1, 0.15) is 5.82 Å². The fraction of sp³-hybridized carbons (Fsp3) is 0.667. The second-order valence-corrected chi connectivity index (χ2v) is 5.91. The van der Waals surface area contributed by atoms with Gasteiger partial charge < -0.3 is 15.4 Å². The topological polar surface area (TPSA) is 54.6 Å². The van der Waals surface area contributed by atoms with Crippen molar-refractivity contribution in [2.75, 3.05) is 37.4 Å². The van der Waals surface area contributed by atoms with Crippen molar-refractivity contribution in [2.45, 2.75) is 38.3 Å². The van der Waals surface area contributed by atoms with Gasteiger partial charge >= 0.3 is 0 Å². The Morgan fingerprint density at radius 2 is 2.15 bits per heavy atom. The minimum Gasteiger partial charge on any atom is -0.479 e. The van der Waals surface area contributed by atoms with Crippen LogP contribution in [0.5, 0.6) is 5.88 Å². The van der Waals surface area contributed by atoms with E-state index in [1.54, 1.807) is 7.11 Å². The van der Waals surface area contributed by atoms with Crippen molar-refractivity contribution in [1.29, 1.82) is 0 Å². The van der Waals surface area contributed by atoms with Crippen LogP contribution in [0.4, 0.5) is 11.5 Å². The highest BCUT2D eigenvalue weighted by Gasteiger charge is 2.33. The number of pyridine rings is 1. The molecule has 2 aliphatic heterocycles. The smallest absolute Gasteiger partial charge is 0.238 e. The lowest BCUT2D eigenvalue weighted by Gasteiger charge is -2.48. The number of nitrogens with two attached hydrogens (primary N) is 1. The van der Waals surface area contributed by atoms with Crippen molar-refractivity contribution < 1.29 is 4.74 Å². The molecule has 2 aliphatic rings. The summed E-state index contributed by atoms with van der Waals surface area (Å²) in [5.41, 5.74) is 6.45. The van der Waals surface area contributed by atoms with Gasteiger partial charge in [0, 0.05) is 25.2 Å². The summed E-state index contributed by atoms with van der Waals surface area (Å²) in [6, 6.07) is 5.05. The highest BCUT2D eigenvalue weighted by molar-refractivity contribution is 5.55. The van der Waals surface area contributed by atoms with E-state index in [4.69, 9.17) is 10.5 Å². The minimum atomic E-state index is 0.477. The summed E-state index contributed by atoms with van der Waals surface area (Å²) in [7, 11) is 1.62. The first kappa shape index (κ1) is 13.5. The Kier molecular flexibility index (Phi) is 3.70. The summed E-state index contributed by atoms with van der Waals surface area (Å²) >= 11 is 0. The molecule has 3 heterocycles. The van der Waals surface area contributed by atoms with E-state index in [9.17, 15) is 0 Å². The molecule has 5 heteroatoms. The molecule has 5 nitrogen and oxygen atoms in total. The van der Waals surface area contributed by atoms with E-state index >= 15 is 0 Å². The van der Waals surface area contributed by atoms with Gasteiger partial charge in [0.05, 0.1) is 12.8 Å². The van der Waals surface area contributed by atoms with Crippen molar-refractivity contribution in [3.8, 4) is 5.88 Å². The van der Waals surface area contributed by atoms with E-state index < -0.39 is 0 Å². The third-order valence-corrected chi connectivity index (χ3v) is 4.55. The Hall–Kier alpha value is -1.49. The molecule has 20 heavy (non-hydrogen) atoms. The van der Waals surface area contributed by atoms with E-state index in [0.717, 1.165) is 18.9 Å². The van der Waals surface area contributed by atoms with Gasteiger partial charge in [-0.1, -0.05) is 6.42 Å². The van der Waals surface area contributed by atoms with E-state index in [1.165, 1.54) is 25.8 Å². The average molecular weight is 276 g/mol.